The van der Waals surface area contributed by atoms with Crippen LogP contribution < -0.4 is 4.90 Å². The Balaban J connectivity index is 1.10. The van der Waals surface area contributed by atoms with Crippen molar-refractivity contribution in [2.45, 2.75) is 0 Å². The van der Waals surface area contributed by atoms with Gasteiger partial charge < -0.3 is 4.90 Å². The number of hydrogen-bond acceptors (Lipinski definition) is 8. The van der Waals surface area contributed by atoms with Gasteiger partial charge in [-0.1, -0.05) is 78.9 Å². The zero-order valence-electron chi connectivity index (χ0n) is 28.8. The smallest absolute Gasteiger partial charge is 0.125 e. The van der Waals surface area contributed by atoms with Gasteiger partial charge in [-0.3, -0.25) is 20.0 Å². The lowest BCUT2D eigenvalue weighted by atomic mass is 10.00. The molecule has 7 nitrogen and oxygen atoms in total. The summed E-state index contributed by atoms with van der Waals surface area (Å²) in [5, 5.41) is 1.99. The van der Waals surface area contributed by atoms with Gasteiger partial charge in [0.1, 0.15) is 5.00 Å². The fraction of sp³-hybridized carbons (Fsp3) is 0.0222. The molecular weight excluding hydrogens is 671 g/mol. The number of thiophene rings is 1. The highest BCUT2D eigenvalue weighted by Gasteiger charge is 2.19. The van der Waals surface area contributed by atoms with E-state index >= 15 is 0 Å². The van der Waals surface area contributed by atoms with Crippen LogP contribution in [0.1, 0.15) is 11.1 Å². The van der Waals surface area contributed by atoms with Crippen molar-refractivity contribution in [1.82, 2.24) is 19.9 Å². The summed E-state index contributed by atoms with van der Waals surface area (Å²) in [7, 11) is 1.83. The summed E-state index contributed by atoms with van der Waals surface area (Å²) in [6.45, 7) is 3.86. The Hall–Kier alpha value is -6.90. The molecule has 6 aromatic carbocycles. The summed E-state index contributed by atoms with van der Waals surface area (Å²) < 4.78 is 1.16. The van der Waals surface area contributed by atoms with Crippen molar-refractivity contribution in [2.24, 2.45) is 9.98 Å². The highest BCUT2D eigenvalue weighted by Crippen LogP contribution is 2.40. The van der Waals surface area contributed by atoms with Crippen LogP contribution in [0.2, 0.25) is 0 Å². The van der Waals surface area contributed by atoms with Crippen LogP contribution in [0.3, 0.4) is 0 Å². The van der Waals surface area contributed by atoms with Gasteiger partial charge in [-0.2, -0.15) is 0 Å². The van der Waals surface area contributed by atoms with E-state index in [9.17, 15) is 0 Å². The highest BCUT2D eigenvalue weighted by atomic mass is 32.1. The van der Waals surface area contributed by atoms with E-state index in [2.05, 4.69) is 118 Å². The molecule has 3 aromatic heterocycles. The fourth-order valence-electron chi connectivity index (χ4n) is 6.73. The lowest BCUT2D eigenvalue weighted by Crippen LogP contribution is -2.11. The van der Waals surface area contributed by atoms with Crippen LogP contribution in [0.25, 0.3) is 54.7 Å². The van der Waals surface area contributed by atoms with Gasteiger partial charge in [0.2, 0.25) is 0 Å². The zero-order chi connectivity index (χ0) is 35.7. The van der Waals surface area contributed by atoms with Crippen molar-refractivity contribution >= 4 is 78.0 Å². The number of nitrogens with zero attached hydrogens (tertiary/aromatic N) is 7. The number of hydrogen-bond donors (Lipinski definition) is 0. The maximum atomic E-state index is 4.87. The second-order valence-corrected chi connectivity index (χ2v) is 13.5. The molecule has 3 heterocycles. The Labute approximate surface area is 310 Å². The second-order valence-electron chi connectivity index (χ2n) is 12.5. The van der Waals surface area contributed by atoms with E-state index in [1.165, 1.54) is 0 Å². The third kappa shape index (κ3) is 6.01. The molecule has 0 aliphatic heterocycles. The van der Waals surface area contributed by atoms with Crippen LogP contribution in [0.4, 0.5) is 22.1 Å². The van der Waals surface area contributed by atoms with E-state index in [4.69, 9.17) is 15.0 Å². The zero-order valence-corrected chi connectivity index (χ0v) is 29.6. The topological polar surface area (TPSA) is 79.5 Å². The number of anilines is 3. The first kappa shape index (κ1) is 32.0. The standard InChI is InChI=1S/C45H31N7S/c1-46-44(43-35-9-3-8-14-42(35)53-45(43)47-2)31-19-25-34(26-20-31)52(32-21-15-29(16-22-32)40-27-48-36-10-4-6-12-38(36)50-40)33-23-17-30(18-24-33)41-28-49-37-11-5-7-13-39(37)51-41/h3-28H,2H2,1H3. The number of aromatic nitrogens is 4. The fourth-order valence-corrected chi connectivity index (χ4v) is 7.74. The predicted molar refractivity (Wildman–Crippen MR) is 221 cm³/mol. The number of para-hydroxylation sites is 4. The normalized spacial score (nSPS) is 11.7. The summed E-state index contributed by atoms with van der Waals surface area (Å²) in [6, 6.07) is 49.6. The summed E-state index contributed by atoms with van der Waals surface area (Å²) in [6.07, 6.45) is 3.66. The third-order valence-corrected chi connectivity index (χ3v) is 10.4. The monoisotopic (exact) mass is 701 g/mol. The SMILES string of the molecule is C=Nc1sc2ccccc2c1C(=NC)c1ccc(N(c2ccc(-c3cnc4ccccc4n3)cc2)c2ccc(-c3cnc4ccccc4n3)cc2)cc1. The molecule has 53 heavy (non-hydrogen) atoms. The second kappa shape index (κ2) is 13.7. The van der Waals surface area contributed by atoms with Crippen LogP contribution in [-0.4, -0.2) is 39.4 Å². The van der Waals surface area contributed by atoms with Crippen molar-refractivity contribution in [1.29, 1.82) is 0 Å². The van der Waals surface area contributed by atoms with E-state index in [1.54, 1.807) is 11.3 Å². The Morgan fingerprint density at radius 2 is 1.04 bits per heavy atom. The molecule has 0 unspecified atom stereocenters. The highest BCUT2D eigenvalue weighted by molar-refractivity contribution is 7.23. The average Bonchev–Trinajstić information content (AvgIpc) is 3.60. The molecular formula is C45H31N7S. The van der Waals surface area contributed by atoms with Gasteiger partial charge in [-0.25, -0.2) is 9.97 Å². The minimum absolute atomic E-state index is 0.827. The maximum absolute atomic E-state index is 4.87. The predicted octanol–water partition coefficient (Wildman–Crippen LogP) is 11.4. The van der Waals surface area contributed by atoms with Gasteiger partial charge in [0.05, 0.1) is 51.6 Å². The van der Waals surface area contributed by atoms with Crippen molar-refractivity contribution in [3.05, 3.63) is 169 Å². The molecule has 9 rings (SSSR count). The molecule has 9 aromatic rings. The first-order valence-corrected chi connectivity index (χ1v) is 18.0. The number of rotatable bonds is 8. The summed E-state index contributed by atoms with van der Waals surface area (Å²) in [5.74, 6) is 0. The molecule has 8 heteroatoms. The number of fused-ring (bicyclic) bond motifs is 3. The van der Waals surface area contributed by atoms with Gasteiger partial charge in [0.25, 0.3) is 0 Å². The Bertz CT molecular complexity index is 2680. The first-order valence-electron chi connectivity index (χ1n) is 17.2. The van der Waals surface area contributed by atoms with Crippen molar-refractivity contribution < 1.29 is 0 Å². The summed E-state index contributed by atoms with van der Waals surface area (Å²) in [4.78, 5) is 30.4. The third-order valence-electron chi connectivity index (χ3n) is 9.32. The molecule has 0 saturated heterocycles. The van der Waals surface area contributed by atoms with E-state index in [1.807, 2.05) is 74.0 Å². The Morgan fingerprint density at radius 3 is 1.55 bits per heavy atom. The van der Waals surface area contributed by atoms with Crippen molar-refractivity contribution in [3.63, 3.8) is 0 Å². The first-order chi connectivity index (χ1) is 26.2. The van der Waals surface area contributed by atoms with E-state index in [0.29, 0.717) is 0 Å². The quantitative estimate of drug-likeness (QED) is 0.147. The number of benzene rings is 6. The van der Waals surface area contributed by atoms with Gasteiger partial charge in [-0.05, 0) is 73.4 Å². The molecule has 0 spiro atoms. The Morgan fingerprint density at radius 1 is 0.566 bits per heavy atom. The number of aliphatic imine (C=N–C) groups is 2. The van der Waals surface area contributed by atoms with Crippen LogP contribution in [0.5, 0.6) is 0 Å². The Kier molecular flexibility index (Phi) is 8.26. The van der Waals surface area contributed by atoms with Crippen LogP contribution >= 0.6 is 11.3 Å². The molecule has 0 fully saturated rings. The summed E-state index contributed by atoms with van der Waals surface area (Å²) in [5.41, 5.74) is 13.0. The largest absolute Gasteiger partial charge is 0.311 e. The molecule has 0 atom stereocenters. The average molecular weight is 702 g/mol. The lowest BCUT2D eigenvalue weighted by molar-refractivity contribution is 1.26. The summed E-state index contributed by atoms with van der Waals surface area (Å²) >= 11 is 1.63. The van der Waals surface area contributed by atoms with E-state index in [-0.39, 0.29) is 0 Å². The van der Waals surface area contributed by atoms with Crippen LogP contribution in [0.15, 0.2) is 168 Å². The van der Waals surface area contributed by atoms with Gasteiger partial charge in [-0.15, -0.1) is 11.3 Å². The molecule has 0 amide bonds. The molecule has 0 radical (unpaired) electrons. The molecule has 0 aliphatic rings. The molecule has 0 bridgehead atoms. The van der Waals surface area contributed by atoms with Crippen LogP contribution in [-0.2, 0) is 0 Å². The van der Waals surface area contributed by atoms with E-state index < -0.39 is 0 Å². The lowest BCUT2D eigenvalue weighted by Gasteiger charge is -2.26. The minimum Gasteiger partial charge on any atom is -0.311 e. The van der Waals surface area contributed by atoms with Crippen molar-refractivity contribution in [2.75, 3.05) is 11.9 Å². The van der Waals surface area contributed by atoms with Gasteiger partial charge in [0.15, 0.2) is 0 Å². The molecule has 0 aliphatic carbocycles. The van der Waals surface area contributed by atoms with Gasteiger partial charge in [0, 0.05) is 56.4 Å². The molecule has 0 N–H and O–H groups in total. The minimum atomic E-state index is 0.827. The molecule has 252 valence electrons. The van der Waals surface area contributed by atoms with E-state index in [0.717, 1.165) is 93.6 Å². The van der Waals surface area contributed by atoms with Gasteiger partial charge >= 0.3 is 0 Å². The maximum Gasteiger partial charge on any atom is 0.125 e. The molecule has 0 saturated carbocycles. The van der Waals surface area contributed by atoms with Crippen molar-refractivity contribution in [3.8, 4) is 22.5 Å². The van der Waals surface area contributed by atoms with Crippen LogP contribution in [0, 0.1) is 0 Å².